The van der Waals surface area contributed by atoms with E-state index in [1.165, 1.54) is 12.4 Å². The molecule has 5 nitrogen and oxygen atoms in total. The predicted molar refractivity (Wildman–Crippen MR) is 68.8 cm³/mol. The Balaban J connectivity index is 1.86. The van der Waals surface area contributed by atoms with E-state index in [0.29, 0.717) is 0 Å². The monoisotopic (exact) mass is 300 g/mol. The molecule has 114 valence electrons. The van der Waals surface area contributed by atoms with Crippen molar-refractivity contribution in [2.75, 3.05) is 0 Å². The van der Waals surface area contributed by atoms with Gasteiger partial charge in [0.25, 0.3) is 0 Å². The molecule has 2 aromatic rings. The Hall–Kier alpha value is -1.83. The topological polar surface area (TPSA) is 65.4 Å². The van der Waals surface area contributed by atoms with Gasteiger partial charge in [0.15, 0.2) is 5.69 Å². The van der Waals surface area contributed by atoms with E-state index < -0.39 is 11.9 Å². The fourth-order valence-electron chi connectivity index (χ4n) is 2.49. The highest BCUT2D eigenvalue weighted by Gasteiger charge is 2.34. The number of hydrogen-bond acceptors (Lipinski definition) is 4. The van der Waals surface area contributed by atoms with Gasteiger partial charge in [-0.05, 0) is 25.7 Å². The van der Waals surface area contributed by atoms with Gasteiger partial charge in [-0.25, -0.2) is 9.50 Å². The lowest BCUT2D eigenvalue weighted by molar-refractivity contribution is -0.141. The van der Waals surface area contributed by atoms with E-state index in [1.54, 1.807) is 0 Å². The van der Waals surface area contributed by atoms with Crippen LogP contribution in [-0.4, -0.2) is 26.7 Å². The molecule has 0 saturated heterocycles. The van der Waals surface area contributed by atoms with E-state index >= 15 is 0 Å². The molecule has 2 aromatic heterocycles. The van der Waals surface area contributed by atoms with E-state index in [2.05, 4.69) is 10.1 Å². The minimum atomic E-state index is -4.49. The number of nitrogens with zero attached hydrogens (tertiary/aromatic N) is 3. The van der Waals surface area contributed by atoms with E-state index in [0.717, 1.165) is 36.3 Å². The first-order chi connectivity index (χ1) is 9.93. The summed E-state index contributed by atoms with van der Waals surface area (Å²) in [6.45, 7) is 0. The molecule has 0 spiro atoms. The molecule has 1 aliphatic rings. The van der Waals surface area contributed by atoms with Crippen molar-refractivity contribution in [3.63, 3.8) is 0 Å². The van der Waals surface area contributed by atoms with E-state index in [1.807, 2.05) is 0 Å². The number of halogens is 3. The standard InChI is InChI=1S/C13H15F3N4O/c14-13(15,16)11-7-10-12(18-5-6-20(10)19-11)21-9-3-1-8(17)2-4-9/h5-9H,1-4,17H2. The molecular formula is C13H15F3N4O. The van der Waals surface area contributed by atoms with Crippen LogP contribution in [0.25, 0.3) is 5.52 Å². The fraction of sp³-hybridized carbons (Fsp3) is 0.538. The van der Waals surface area contributed by atoms with Crippen LogP contribution in [0.4, 0.5) is 13.2 Å². The highest BCUT2D eigenvalue weighted by atomic mass is 19.4. The Kier molecular flexibility index (Phi) is 3.48. The Labute approximate surface area is 118 Å². The number of ether oxygens (including phenoxy) is 1. The molecule has 0 radical (unpaired) electrons. The second kappa shape index (κ2) is 5.18. The molecule has 0 amide bonds. The SMILES string of the molecule is NC1CCC(Oc2nccn3nc(C(F)(F)F)cc23)CC1. The summed E-state index contributed by atoms with van der Waals surface area (Å²) in [6, 6.07) is 1.14. The van der Waals surface area contributed by atoms with Gasteiger partial charge in [0.05, 0.1) is 0 Å². The Morgan fingerprint density at radius 1 is 1.24 bits per heavy atom. The van der Waals surface area contributed by atoms with Gasteiger partial charge in [-0.15, -0.1) is 0 Å². The summed E-state index contributed by atoms with van der Waals surface area (Å²) >= 11 is 0. The van der Waals surface area contributed by atoms with E-state index in [-0.39, 0.29) is 23.5 Å². The minimum Gasteiger partial charge on any atom is -0.473 e. The first-order valence-electron chi connectivity index (χ1n) is 6.77. The molecule has 2 N–H and O–H groups in total. The molecule has 2 heterocycles. The van der Waals surface area contributed by atoms with E-state index in [9.17, 15) is 13.2 Å². The van der Waals surface area contributed by atoms with Gasteiger partial charge in [-0.2, -0.15) is 18.3 Å². The Morgan fingerprint density at radius 2 is 1.95 bits per heavy atom. The molecule has 0 aromatic carbocycles. The molecule has 1 saturated carbocycles. The number of nitrogens with two attached hydrogens (primary N) is 1. The first kappa shape index (κ1) is 14.1. The quantitative estimate of drug-likeness (QED) is 0.925. The Bertz CT molecular complexity index is 632. The number of hydrogen-bond donors (Lipinski definition) is 1. The summed E-state index contributed by atoms with van der Waals surface area (Å²) < 4.78 is 45.0. The molecule has 0 unspecified atom stereocenters. The van der Waals surface area contributed by atoms with Crippen LogP contribution in [-0.2, 0) is 6.18 Å². The van der Waals surface area contributed by atoms with Crippen LogP contribution in [0.1, 0.15) is 31.4 Å². The summed E-state index contributed by atoms with van der Waals surface area (Å²) in [5.41, 5.74) is 5.09. The van der Waals surface area contributed by atoms with Crippen LogP contribution < -0.4 is 10.5 Å². The van der Waals surface area contributed by atoms with Crippen LogP contribution in [0, 0.1) is 0 Å². The molecule has 1 fully saturated rings. The maximum absolute atomic E-state index is 12.7. The molecule has 21 heavy (non-hydrogen) atoms. The van der Waals surface area contributed by atoms with Crippen LogP contribution in [0.3, 0.4) is 0 Å². The van der Waals surface area contributed by atoms with Gasteiger partial charge in [-0.1, -0.05) is 0 Å². The maximum atomic E-state index is 12.7. The zero-order valence-corrected chi connectivity index (χ0v) is 11.2. The van der Waals surface area contributed by atoms with Gasteiger partial charge >= 0.3 is 6.18 Å². The normalized spacial score (nSPS) is 23.4. The highest BCUT2D eigenvalue weighted by molar-refractivity contribution is 5.56. The average molecular weight is 300 g/mol. The predicted octanol–water partition coefficient (Wildman–Crippen LogP) is 2.40. The van der Waals surface area contributed by atoms with Gasteiger partial charge in [0.2, 0.25) is 5.88 Å². The second-order valence-electron chi connectivity index (χ2n) is 5.24. The number of aromatic nitrogens is 3. The van der Waals surface area contributed by atoms with E-state index in [4.69, 9.17) is 10.5 Å². The maximum Gasteiger partial charge on any atom is 0.435 e. The van der Waals surface area contributed by atoms with Crippen molar-refractivity contribution < 1.29 is 17.9 Å². The minimum absolute atomic E-state index is 0.0623. The van der Waals surface area contributed by atoms with Crippen molar-refractivity contribution in [3.8, 4) is 5.88 Å². The second-order valence-corrected chi connectivity index (χ2v) is 5.24. The lowest BCUT2D eigenvalue weighted by Gasteiger charge is -2.26. The van der Waals surface area contributed by atoms with Gasteiger partial charge in [0.1, 0.15) is 11.6 Å². The molecule has 0 bridgehead atoms. The summed E-state index contributed by atoms with van der Waals surface area (Å²) in [4.78, 5) is 4.03. The van der Waals surface area contributed by atoms with Crippen LogP contribution in [0.5, 0.6) is 5.88 Å². The van der Waals surface area contributed by atoms with Crippen molar-refractivity contribution in [3.05, 3.63) is 24.2 Å². The molecule has 0 atom stereocenters. The highest BCUT2D eigenvalue weighted by Crippen LogP contribution is 2.31. The summed E-state index contributed by atoms with van der Waals surface area (Å²) in [5.74, 6) is 0.181. The van der Waals surface area contributed by atoms with Crippen molar-refractivity contribution >= 4 is 5.52 Å². The smallest absolute Gasteiger partial charge is 0.435 e. The molecule has 3 rings (SSSR count). The third-order valence-electron chi connectivity index (χ3n) is 3.64. The van der Waals surface area contributed by atoms with Gasteiger partial charge in [0, 0.05) is 24.5 Å². The third-order valence-corrected chi connectivity index (χ3v) is 3.64. The van der Waals surface area contributed by atoms with Crippen LogP contribution >= 0.6 is 0 Å². The molecular weight excluding hydrogens is 285 g/mol. The Morgan fingerprint density at radius 3 is 2.62 bits per heavy atom. The van der Waals surface area contributed by atoms with Gasteiger partial charge < -0.3 is 10.5 Å². The van der Waals surface area contributed by atoms with Crippen molar-refractivity contribution in [2.24, 2.45) is 5.73 Å². The fourth-order valence-corrected chi connectivity index (χ4v) is 2.49. The van der Waals surface area contributed by atoms with Crippen LogP contribution in [0.2, 0.25) is 0 Å². The average Bonchev–Trinajstić information content (AvgIpc) is 2.86. The third kappa shape index (κ3) is 2.94. The zero-order chi connectivity index (χ0) is 15.0. The summed E-state index contributed by atoms with van der Waals surface area (Å²) in [5, 5.41) is 3.50. The molecule has 0 aliphatic heterocycles. The number of alkyl halides is 3. The van der Waals surface area contributed by atoms with Crippen molar-refractivity contribution in [2.45, 2.75) is 44.0 Å². The zero-order valence-electron chi connectivity index (χ0n) is 11.2. The lowest BCUT2D eigenvalue weighted by atomic mass is 9.94. The van der Waals surface area contributed by atoms with Crippen molar-refractivity contribution in [1.82, 2.24) is 14.6 Å². The molecule has 8 heteroatoms. The number of rotatable bonds is 2. The number of fused-ring (bicyclic) bond motifs is 1. The van der Waals surface area contributed by atoms with Crippen molar-refractivity contribution in [1.29, 1.82) is 0 Å². The first-order valence-corrected chi connectivity index (χ1v) is 6.77. The van der Waals surface area contributed by atoms with Gasteiger partial charge in [-0.3, -0.25) is 0 Å². The lowest BCUT2D eigenvalue weighted by Crippen LogP contribution is -2.31. The van der Waals surface area contributed by atoms with Crippen LogP contribution in [0.15, 0.2) is 18.5 Å². The summed E-state index contributed by atoms with van der Waals surface area (Å²) in [6.07, 6.45) is 1.46. The molecule has 1 aliphatic carbocycles. The largest absolute Gasteiger partial charge is 0.473 e. The summed E-state index contributed by atoms with van der Waals surface area (Å²) in [7, 11) is 0.